The van der Waals surface area contributed by atoms with E-state index in [1.165, 1.54) is 0 Å². The fourth-order valence-electron chi connectivity index (χ4n) is 1.26. The summed E-state index contributed by atoms with van der Waals surface area (Å²) in [5.74, 6) is -0.945. The van der Waals surface area contributed by atoms with Crippen LogP contribution < -0.4 is 0 Å². The first kappa shape index (κ1) is 13.4. The summed E-state index contributed by atoms with van der Waals surface area (Å²) in [7, 11) is 0. The lowest BCUT2D eigenvalue weighted by molar-refractivity contribution is -0.163. The van der Waals surface area contributed by atoms with E-state index in [0.717, 1.165) is 19.3 Å². The minimum absolute atomic E-state index is 0.542. The number of carbonyl (C=O) groups is 1. The molecule has 0 bridgehead atoms. The van der Waals surface area contributed by atoms with Crippen molar-refractivity contribution in [3.05, 3.63) is 0 Å². The van der Waals surface area contributed by atoms with Gasteiger partial charge in [-0.25, -0.2) is 0 Å². The third kappa shape index (κ3) is 2.98. The molecular weight excluding hydrogens is 180 g/mol. The van der Waals surface area contributed by atoms with Crippen LogP contribution in [0.4, 0.5) is 0 Å². The zero-order valence-corrected chi connectivity index (χ0v) is 9.63. The third-order valence-corrected chi connectivity index (χ3v) is 3.15. The Morgan fingerprint density at radius 3 is 2.07 bits per heavy atom. The molecule has 0 aliphatic carbocycles. The highest BCUT2D eigenvalue weighted by molar-refractivity contribution is 5.75. The van der Waals surface area contributed by atoms with E-state index in [2.05, 4.69) is 6.92 Å². The SMILES string of the molecule is CCCCCC(C)(O)C(C)(C)C(=O)O. The summed E-state index contributed by atoms with van der Waals surface area (Å²) in [6, 6.07) is 0. The van der Waals surface area contributed by atoms with E-state index in [0.29, 0.717) is 6.42 Å². The fourth-order valence-corrected chi connectivity index (χ4v) is 1.26. The molecule has 84 valence electrons. The van der Waals surface area contributed by atoms with Crippen LogP contribution in [0, 0.1) is 5.41 Å². The van der Waals surface area contributed by atoms with E-state index in [1.54, 1.807) is 20.8 Å². The van der Waals surface area contributed by atoms with Gasteiger partial charge in [0.2, 0.25) is 0 Å². The second kappa shape index (κ2) is 4.78. The van der Waals surface area contributed by atoms with Crippen molar-refractivity contribution >= 4 is 5.97 Å². The Labute approximate surface area is 86.1 Å². The van der Waals surface area contributed by atoms with E-state index in [9.17, 15) is 9.90 Å². The van der Waals surface area contributed by atoms with Gasteiger partial charge in [-0.15, -0.1) is 0 Å². The van der Waals surface area contributed by atoms with E-state index in [-0.39, 0.29) is 0 Å². The van der Waals surface area contributed by atoms with Crippen LogP contribution in [0.25, 0.3) is 0 Å². The van der Waals surface area contributed by atoms with Gasteiger partial charge in [0.1, 0.15) is 0 Å². The summed E-state index contributed by atoms with van der Waals surface area (Å²) in [6.45, 7) is 6.83. The van der Waals surface area contributed by atoms with Gasteiger partial charge >= 0.3 is 5.97 Å². The Balaban J connectivity index is 4.36. The van der Waals surface area contributed by atoms with Gasteiger partial charge in [-0.2, -0.15) is 0 Å². The molecule has 1 unspecified atom stereocenters. The molecule has 0 amide bonds. The number of unbranched alkanes of at least 4 members (excludes halogenated alkanes) is 2. The lowest BCUT2D eigenvalue weighted by Gasteiger charge is -2.36. The van der Waals surface area contributed by atoms with Gasteiger partial charge in [0.05, 0.1) is 11.0 Å². The Morgan fingerprint density at radius 2 is 1.71 bits per heavy atom. The fraction of sp³-hybridized carbons (Fsp3) is 0.909. The van der Waals surface area contributed by atoms with E-state index in [4.69, 9.17) is 5.11 Å². The molecule has 0 heterocycles. The quantitative estimate of drug-likeness (QED) is 0.650. The largest absolute Gasteiger partial charge is 0.481 e. The van der Waals surface area contributed by atoms with Crippen LogP contribution in [0.3, 0.4) is 0 Å². The van der Waals surface area contributed by atoms with Crippen LogP contribution in [-0.4, -0.2) is 21.8 Å². The standard InChI is InChI=1S/C11H22O3/c1-5-6-7-8-11(4,14)10(2,3)9(12)13/h14H,5-8H2,1-4H3,(H,12,13). The van der Waals surface area contributed by atoms with Crippen LogP contribution in [0.15, 0.2) is 0 Å². The average molecular weight is 202 g/mol. The maximum atomic E-state index is 10.9. The lowest BCUT2D eigenvalue weighted by Crippen LogP contribution is -2.47. The van der Waals surface area contributed by atoms with Crippen molar-refractivity contribution in [2.75, 3.05) is 0 Å². The van der Waals surface area contributed by atoms with Gasteiger partial charge in [-0.1, -0.05) is 26.2 Å². The van der Waals surface area contributed by atoms with Gasteiger partial charge in [0.25, 0.3) is 0 Å². The molecule has 0 aliphatic rings. The molecule has 0 saturated heterocycles. The molecule has 0 rings (SSSR count). The Morgan fingerprint density at radius 1 is 1.21 bits per heavy atom. The molecular formula is C11H22O3. The zero-order chi connectivity index (χ0) is 11.4. The molecule has 0 radical (unpaired) electrons. The van der Waals surface area contributed by atoms with Crippen molar-refractivity contribution in [1.82, 2.24) is 0 Å². The summed E-state index contributed by atoms with van der Waals surface area (Å²) in [4.78, 5) is 10.9. The highest BCUT2D eigenvalue weighted by atomic mass is 16.4. The van der Waals surface area contributed by atoms with Gasteiger partial charge in [-0.05, 0) is 27.2 Å². The Kier molecular flexibility index (Phi) is 4.59. The van der Waals surface area contributed by atoms with Crippen LogP contribution in [0.2, 0.25) is 0 Å². The van der Waals surface area contributed by atoms with Crippen molar-refractivity contribution in [1.29, 1.82) is 0 Å². The predicted octanol–water partition coefficient (Wildman–Crippen LogP) is 2.43. The predicted molar refractivity (Wildman–Crippen MR) is 56.2 cm³/mol. The van der Waals surface area contributed by atoms with Gasteiger partial charge in [-0.3, -0.25) is 4.79 Å². The molecule has 0 aromatic rings. The number of carboxylic acids is 1. The van der Waals surface area contributed by atoms with Crippen LogP contribution in [0.1, 0.15) is 53.4 Å². The second-order valence-electron chi connectivity index (χ2n) is 4.66. The van der Waals surface area contributed by atoms with Gasteiger partial charge < -0.3 is 10.2 Å². The average Bonchev–Trinajstić information content (AvgIpc) is 2.04. The first-order valence-electron chi connectivity index (χ1n) is 5.21. The maximum Gasteiger partial charge on any atom is 0.311 e. The summed E-state index contributed by atoms with van der Waals surface area (Å²) >= 11 is 0. The monoisotopic (exact) mass is 202 g/mol. The Hall–Kier alpha value is -0.570. The van der Waals surface area contributed by atoms with Crippen molar-refractivity contribution < 1.29 is 15.0 Å². The zero-order valence-electron chi connectivity index (χ0n) is 9.63. The molecule has 1 atom stereocenters. The van der Waals surface area contributed by atoms with E-state index >= 15 is 0 Å². The summed E-state index contributed by atoms with van der Waals surface area (Å²) in [5.41, 5.74) is -2.21. The number of aliphatic hydroxyl groups is 1. The molecule has 0 aromatic carbocycles. The molecule has 0 aromatic heterocycles. The third-order valence-electron chi connectivity index (χ3n) is 3.15. The van der Waals surface area contributed by atoms with Crippen molar-refractivity contribution in [3.8, 4) is 0 Å². The summed E-state index contributed by atoms with van der Waals surface area (Å²) in [6.07, 6.45) is 3.52. The number of aliphatic carboxylic acids is 1. The number of carboxylic acid groups (broad SMARTS) is 1. The molecule has 0 saturated carbocycles. The second-order valence-corrected chi connectivity index (χ2v) is 4.66. The van der Waals surface area contributed by atoms with Crippen LogP contribution in [0.5, 0.6) is 0 Å². The van der Waals surface area contributed by atoms with E-state index < -0.39 is 17.0 Å². The number of hydrogen-bond donors (Lipinski definition) is 2. The van der Waals surface area contributed by atoms with E-state index in [1.807, 2.05) is 0 Å². The highest BCUT2D eigenvalue weighted by Crippen LogP contribution is 2.35. The Bertz CT molecular complexity index is 195. The first-order chi connectivity index (χ1) is 6.25. The van der Waals surface area contributed by atoms with Crippen molar-refractivity contribution in [2.45, 2.75) is 59.0 Å². The molecule has 0 fully saturated rings. The minimum Gasteiger partial charge on any atom is -0.481 e. The van der Waals surface area contributed by atoms with Crippen LogP contribution >= 0.6 is 0 Å². The topological polar surface area (TPSA) is 57.5 Å². The molecule has 3 heteroatoms. The minimum atomic E-state index is -1.13. The van der Waals surface area contributed by atoms with Crippen molar-refractivity contribution in [3.63, 3.8) is 0 Å². The van der Waals surface area contributed by atoms with Crippen molar-refractivity contribution in [2.24, 2.45) is 5.41 Å². The van der Waals surface area contributed by atoms with Crippen LogP contribution in [-0.2, 0) is 4.79 Å². The first-order valence-corrected chi connectivity index (χ1v) is 5.21. The normalized spacial score (nSPS) is 16.4. The molecule has 0 spiro atoms. The smallest absolute Gasteiger partial charge is 0.311 e. The van der Waals surface area contributed by atoms with Gasteiger partial charge in [0, 0.05) is 0 Å². The highest BCUT2D eigenvalue weighted by Gasteiger charge is 2.44. The number of rotatable bonds is 6. The van der Waals surface area contributed by atoms with Gasteiger partial charge in [0.15, 0.2) is 0 Å². The number of hydrogen-bond acceptors (Lipinski definition) is 2. The molecule has 0 aliphatic heterocycles. The maximum absolute atomic E-state index is 10.9. The molecule has 14 heavy (non-hydrogen) atoms. The summed E-state index contributed by atoms with van der Waals surface area (Å²) < 4.78 is 0. The molecule has 3 nitrogen and oxygen atoms in total. The molecule has 2 N–H and O–H groups in total. The lowest BCUT2D eigenvalue weighted by atomic mass is 9.73. The summed E-state index contributed by atoms with van der Waals surface area (Å²) in [5, 5.41) is 19.0.